The topological polar surface area (TPSA) is 23.9 Å². The van der Waals surface area contributed by atoms with Gasteiger partial charge in [-0.25, -0.2) is 5.41 Å². The van der Waals surface area contributed by atoms with Gasteiger partial charge in [0.1, 0.15) is 0 Å². The zero-order chi connectivity index (χ0) is 7.82. The predicted molar refractivity (Wildman–Crippen MR) is 49.5 cm³/mol. The highest BCUT2D eigenvalue weighted by molar-refractivity contribution is 9.10. The van der Waals surface area contributed by atoms with Gasteiger partial charge in [-0.15, -0.1) is 0 Å². The summed E-state index contributed by atoms with van der Waals surface area (Å²) in [6.45, 7) is 0. The molecule has 1 rings (SSSR count). The van der Waals surface area contributed by atoms with Crippen LogP contribution in [0.2, 0.25) is 0 Å². The lowest BCUT2D eigenvalue weighted by Crippen LogP contribution is -1.55. The van der Waals surface area contributed by atoms with Crippen LogP contribution < -0.4 is 0 Å². The fourth-order valence-corrected chi connectivity index (χ4v) is 0.720. The Morgan fingerprint density at radius 2 is 1.70 bits per heavy atom. The van der Waals surface area contributed by atoms with Crippen molar-refractivity contribution in [3.8, 4) is 0 Å². The van der Waals surface area contributed by atoms with Crippen LogP contribution in [0.1, 0.15) is 0 Å². The first-order chi connectivity index (χ1) is 4.81. The van der Waals surface area contributed by atoms with Gasteiger partial charge in [-0.2, -0.15) is 0 Å². The lowest BCUT2D eigenvalue weighted by atomic mass is 10.4. The van der Waals surface area contributed by atoms with Crippen molar-refractivity contribution in [2.75, 3.05) is 0 Å². The summed E-state index contributed by atoms with van der Waals surface area (Å²) in [7, 11) is 0. The third kappa shape index (κ3) is 5.63. The number of rotatable bonds is 0. The van der Waals surface area contributed by atoms with Gasteiger partial charge in [-0.05, 0) is 24.4 Å². The molecule has 0 radical (unpaired) electrons. The molecule has 0 saturated heterocycles. The summed E-state index contributed by atoms with van der Waals surface area (Å²) in [5.74, 6) is 0. The average Bonchev–Trinajstić information content (AvgIpc) is 1.91. The Morgan fingerprint density at radius 3 is 1.90 bits per heavy atom. The monoisotopic (exact) mass is 215 g/mol. The molecule has 0 aliphatic carbocycles. The SMILES string of the molecule is Brc1ccccc1.N=C=S. The Bertz CT molecular complexity index is 204. The first-order valence-electron chi connectivity index (χ1n) is 2.55. The molecule has 0 fully saturated rings. The molecule has 0 aliphatic heterocycles. The van der Waals surface area contributed by atoms with Gasteiger partial charge in [0.15, 0.2) is 0 Å². The zero-order valence-corrected chi connectivity index (χ0v) is 7.58. The molecule has 0 heterocycles. The van der Waals surface area contributed by atoms with E-state index < -0.39 is 0 Å². The van der Waals surface area contributed by atoms with Crippen molar-refractivity contribution in [3.63, 3.8) is 0 Å². The van der Waals surface area contributed by atoms with Crippen molar-refractivity contribution < 1.29 is 0 Å². The third-order valence-electron chi connectivity index (χ3n) is 0.733. The Balaban J connectivity index is 0.000000236. The predicted octanol–water partition coefficient (Wildman–Crippen LogP) is 3.12. The number of hydrogen-bond donors (Lipinski definition) is 1. The fourth-order valence-electron chi connectivity index (χ4n) is 0.415. The Morgan fingerprint density at radius 1 is 1.30 bits per heavy atom. The molecule has 10 heavy (non-hydrogen) atoms. The van der Waals surface area contributed by atoms with Gasteiger partial charge >= 0.3 is 0 Å². The molecule has 0 bridgehead atoms. The van der Waals surface area contributed by atoms with Crippen LogP contribution in [0.3, 0.4) is 0 Å². The Kier molecular flexibility index (Phi) is 6.29. The number of isothiocyanates is 1. The van der Waals surface area contributed by atoms with E-state index in [0.717, 1.165) is 4.47 Å². The largest absolute Gasteiger partial charge is 0.248 e. The van der Waals surface area contributed by atoms with Crippen LogP contribution in [0, 0.1) is 5.41 Å². The van der Waals surface area contributed by atoms with Gasteiger partial charge in [-0.1, -0.05) is 34.1 Å². The summed E-state index contributed by atoms with van der Waals surface area (Å²) in [5, 5.41) is 7.36. The summed E-state index contributed by atoms with van der Waals surface area (Å²) in [6, 6.07) is 9.97. The van der Waals surface area contributed by atoms with E-state index in [1.54, 1.807) is 5.16 Å². The van der Waals surface area contributed by atoms with Crippen molar-refractivity contribution in [2.45, 2.75) is 0 Å². The molecule has 0 atom stereocenters. The van der Waals surface area contributed by atoms with E-state index in [4.69, 9.17) is 5.41 Å². The van der Waals surface area contributed by atoms with Crippen molar-refractivity contribution in [1.82, 2.24) is 0 Å². The van der Waals surface area contributed by atoms with Crippen molar-refractivity contribution in [1.29, 1.82) is 5.41 Å². The lowest BCUT2D eigenvalue weighted by molar-refractivity contribution is 1.61. The van der Waals surface area contributed by atoms with E-state index in [9.17, 15) is 0 Å². The van der Waals surface area contributed by atoms with Crippen LogP contribution in [-0.4, -0.2) is 5.16 Å². The molecule has 1 nitrogen and oxygen atoms in total. The molecule has 0 spiro atoms. The molecule has 0 unspecified atom stereocenters. The minimum Gasteiger partial charge on any atom is -0.248 e. The summed E-state index contributed by atoms with van der Waals surface area (Å²) in [5.41, 5.74) is 0. The van der Waals surface area contributed by atoms with Crippen LogP contribution in [0.4, 0.5) is 0 Å². The third-order valence-corrected chi connectivity index (χ3v) is 1.26. The van der Waals surface area contributed by atoms with E-state index in [1.807, 2.05) is 30.3 Å². The number of nitrogens with one attached hydrogen (secondary N) is 1. The fraction of sp³-hybridized carbons (Fsp3) is 0. The molecule has 0 saturated carbocycles. The first kappa shape index (κ1) is 9.50. The van der Waals surface area contributed by atoms with Crippen molar-refractivity contribution >= 4 is 33.3 Å². The smallest absolute Gasteiger partial charge is 0.0554 e. The maximum atomic E-state index is 5.77. The van der Waals surface area contributed by atoms with Gasteiger partial charge < -0.3 is 0 Å². The number of thiocarbonyl (C=S) groups is 1. The molecule has 0 aliphatic rings. The molecule has 1 aromatic rings. The highest BCUT2D eigenvalue weighted by atomic mass is 79.9. The minimum atomic E-state index is 1.13. The number of hydrogen-bond acceptors (Lipinski definition) is 2. The number of benzene rings is 1. The molecule has 0 aromatic heterocycles. The van der Waals surface area contributed by atoms with Crippen LogP contribution in [0.5, 0.6) is 0 Å². The van der Waals surface area contributed by atoms with Gasteiger partial charge in [0, 0.05) is 4.47 Å². The Hall–Kier alpha value is -0.500. The van der Waals surface area contributed by atoms with E-state index in [2.05, 4.69) is 28.1 Å². The summed E-state index contributed by atoms with van der Waals surface area (Å²) in [6.07, 6.45) is 0. The maximum Gasteiger partial charge on any atom is 0.0554 e. The number of halogens is 1. The van der Waals surface area contributed by atoms with Crippen LogP contribution in [0.25, 0.3) is 0 Å². The molecular formula is C7H6BrNS. The van der Waals surface area contributed by atoms with Crippen LogP contribution in [0.15, 0.2) is 34.8 Å². The second kappa shape index (κ2) is 6.62. The van der Waals surface area contributed by atoms with Gasteiger partial charge in [0.25, 0.3) is 0 Å². The highest BCUT2D eigenvalue weighted by Crippen LogP contribution is 2.05. The van der Waals surface area contributed by atoms with Gasteiger partial charge in [-0.3, -0.25) is 0 Å². The molecule has 1 aromatic carbocycles. The normalized spacial score (nSPS) is 6.90. The molecule has 52 valence electrons. The standard InChI is InChI=1S/C6H5Br.CHNS/c7-6-4-2-1-3-5-6;2-1-3/h1-5H;2H. The van der Waals surface area contributed by atoms with E-state index >= 15 is 0 Å². The minimum absolute atomic E-state index is 1.13. The van der Waals surface area contributed by atoms with Gasteiger partial charge in [0.05, 0.1) is 5.16 Å². The zero-order valence-electron chi connectivity index (χ0n) is 5.17. The molecule has 0 amide bonds. The van der Waals surface area contributed by atoms with E-state index in [0.29, 0.717) is 0 Å². The highest BCUT2D eigenvalue weighted by Gasteiger charge is 1.74. The van der Waals surface area contributed by atoms with E-state index in [-0.39, 0.29) is 0 Å². The quantitative estimate of drug-likeness (QED) is 0.522. The molecular weight excluding hydrogens is 210 g/mol. The summed E-state index contributed by atoms with van der Waals surface area (Å²) in [4.78, 5) is 0. The maximum absolute atomic E-state index is 5.77. The first-order valence-corrected chi connectivity index (χ1v) is 3.76. The van der Waals surface area contributed by atoms with Gasteiger partial charge in [0.2, 0.25) is 0 Å². The van der Waals surface area contributed by atoms with E-state index in [1.165, 1.54) is 0 Å². The molecule has 1 N–H and O–H groups in total. The molecule has 3 heteroatoms. The van der Waals surface area contributed by atoms with Crippen molar-refractivity contribution in [3.05, 3.63) is 34.8 Å². The summed E-state index contributed by atoms with van der Waals surface area (Å²) < 4.78 is 1.13. The second-order valence-corrected chi connectivity index (χ2v) is 2.52. The average molecular weight is 216 g/mol. The second-order valence-electron chi connectivity index (χ2n) is 1.40. The van der Waals surface area contributed by atoms with Crippen LogP contribution >= 0.6 is 28.1 Å². The van der Waals surface area contributed by atoms with Crippen molar-refractivity contribution in [2.24, 2.45) is 0 Å². The Labute approximate surface area is 73.7 Å². The lowest BCUT2D eigenvalue weighted by Gasteiger charge is -1.80. The summed E-state index contributed by atoms with van der Waals surface area (Å²) >= 11 is 7.12. The van der Waals surface area contributed by atoms with Crippen LogP contribution in [-0.2, 0) is 0 Å².